The van der Waals surface area contributed by atoms with E-state index in [0.29, 0.717) is 0 Å². The maximum Gasteiger partial charge on any atom is 0.636 e. The molecule has 0 aromatic carbocycles. The fraction of sp³-hybridized carbons (Fsp3) is 1.00. The van der Waals surface area contributed by atoms with Gasteiger partial charge in [0, 0.05) is 0 Å². The van der Waals surface area contributed by atoms with E-state index >= 15 is 0 Å². The highest BCUT2D eigenvalue weighted by Gasteiger charge is 2.18. The molecule has 0 aliphatic carbocycles. The Morgan fingerprint density at radius 3 is 1.57 bits per heavy atom. The van der Waals surface area contributed by atoms with Crippen molar-refractivity contribution < 1.29 is 34.8 Å². The summed E-state index contributed by atoms with van der Waals surface area (Å²) in [6, 6.07) is 0. The largest absolute Gasteiger partial charge is 0.636 e. The van der Waals surface area contributed by atoms with Crippen LogP contribution in [0.5, 0.6) is 0 Å². The summed E-state index contributed by atoms with van der Waals surface area (Å²) in [4.78, 5) is 0. The lowest BCUT2D eigenvalue weighted by Gasteiger charge is -2.12. The Bertz CT molecular complexity index is 121. The van der Waals surface area contributed by atoms with Crippen LogP contribution in [0.15, 0.2) is 0 Å². The first-order valence-electron chi connectivity index (χ1n) is 4.09. The molecule has 7 nitrogen and oxygen atoms in total. The third kappa shape index (κ3) is 7.21. The van der Waals surface area contributed by atoms with E-state index in [1.54, 1.807) is 0 Å². The van der Waals surface area contributed by atoms with Gasteiger partial charge in [-0.05, 0) is 0 Å². The van der Waals surface area contributed by atoms with Crippen molar-refractivity contribution in [3.8, 4) is 0 Å². The molecular formula is C6H15BO7. The molecule has 0 aliphatic rings. The van der Waals surface area contributed by atoms with E-state index in [9.17, 15) is 0 Å². The Morgan fingerprint density at radius 1 is 0.929 bits per heavy atom. The Hall–Kier alpha value is -0.215. The van der Waals surface area contributed by atoms with Gasteiger partial charge >= 0.3 is 7.32 Å². The topological polar surface area (TPSA) is 120 Å². The highest BCUT2D eigenvalue weighted by atomic mass is 16.7. The van der Waals surface area contributed by atoms with Gasteiger partial charge < -0.3 is 34.8 Å². The average molecular weight is 210 g/mol. The molecular weight excluding hydrogens is 195 g/mol. The zero-order chi connectivity index (χ0) is 11.0. The van der Waals surface area contributed by atoms with Crippen molar-refractivity contribution in [3.05, 3.63) is 0 Å². The number of rotatable bonds is 8. The zero-order valence-electron chi connectivity index (χ0n) is 7.61. The lowest BCUT2D eigenvalue weighted by molar-refractivity contribution is 0.00621. The molecule has 0 rings (SSSR count). The van der Waals surface area contributed by atoms with Crippen molar-refractivity contribution in [1.29, 1.82) is 0 Å². The number of hydrogen-bond donors (Lipinski definition) is 5. The van der Waals surface area contributed by atoms with Gasteiger partial charge in [-0.3, -0.25) is 0 Å². The molecule has 0 amide bonds. The molecule has 0 saturated carbocycles. The van der Waals surface area contributed by atoms with Gasteiger partial charge in [-0.2, -0.15) is 0 Å². The van der Waals surface area contributed by atoms with E-state index in [-0.39, 0.29) is 13.2 Å². The minimum atomic E-state index is -1.60. The summed E-state index contributed by atoms with van der Waals surface area (Å²) in [6.45, 7) is -1.53. The quantitative estimate of drug-likeness (QED) is 0.266. The van der Waals surface area contributed by atoms with Gasteiger partial charge in [0.1, 0.15) is 0 Å². The maximum absolute atomic E-state index is 8.91. The van der Waals surface area contributed by atoms with Crippen LogP contribution in [-0.4, -0.2) is 71.4 Å². The molecule has 2 unspecified atom stereocenters. The standard InChI is InChI=1S/C6H15BO7/c8-1-5(10)3-13-7(12)14-4-6(11)2-9/h5-6,8-12H,1-4H2. The second-order valence-corrected chi connectivity index (χ2v) is 2.65. The highest BCUT2D eigenvalue weighted by molar-refractivity contribution is 6.34. The summed E-state index contributed by atoms with van der Waals surface area (Å²) >= 11 is 0. The van der Waals surface area contributed by atoms with Crippen LogP contribution >= 0.6 is 0 Å². The number of aliphatic hydroxyl groups is 4. The molecule has 2 atom stereocenters. The Balaban J connectivity index is 3.40. The SMILES string of the molecule is OCC(O)COB(O)OCC(O)CO. The zero-order valence-corrected chi connectivity index (χ0v) is 7.61. The molecule has 8 heteroatoms. The normalized spacial score (nSPS) is 15.2. The second-order valence-electron chi connectivity index (χ2n) is 2.65. The smallest absolute Gasteiger partial charge is 0.402 e. The second kappa shape index (κ2) is 8.12. The molecule has 14 heavy (non-hydrogen) atoms. The highest BCUT2D eigenvalue weighted by Crippen LogP contribution is 1.91. The summed E-state index contributed by atoms with van der Waals surface area (Å²) in [5.74, 6) is 0. The van der Waals surface area contributed by atoms with E-state index in [1.165, 1.54) is 0 Å². The molecule has 84 valence electrons. The van der Waals surface area contributed by atoms with Gasteiger partial charge in [0.05, 0.1) is 38.6 Å². The molecule has 0 aromatic rings. The minimum absolute atomic E-state index is 0.285. The molecule has 0 aliphatic heterocycles. The van der Waals surface area contributed by atoms with Gasteiger partial charge in [0.2, 0.25) is 0 Å². The van der Waals surface area contributed by atoms with Crippen LogP contribution in [0.1, 0.15) is 0 Å². The average Bonchev–Trinajstić information content (AvgIpc) is 2.22. The molecule has 0 saturated heterocycles. The maximum atomic E-state index is 8.91. The van der Waals surface area contributed by atoms with E-state index in [1.807, 2.05) is 0 Å². The van der Waals surface area contributed by atoms with Crippen LogP contribution in [-0.2, 0) is 9.31 Å². The lowest BCUT2D eigenvalue weighted by atomic mass is 10.2. The summed E-state index contributed by atoms with van der Waals surface area (Å²) < 4.78 is 9.04. The van der Waals surface area contributed by atoms with Gasteiger partial charge in [-0.25, -0.2) is 0 Å². The van der Waals surface area contributed by atoms with Gasteiger partial charge in [-0.15, -0.1) is 0 Å². The molecule has 0 spiro atoms. The molecule has 0 radical (unpaired) electrons. The first-order chi connectivity index (χ1) is 6.60. The Morgan fingerprint density at radius 2 is 1.29 bits per heavy atom. The predicted octanol–water partition coefficient (Wildman–Crippen LogP) is -3.30. The van der Waals surface area contributed by atoms with Gasteiger partial charge in [-0.1, -0.05) is 0 Å². The summed E-state index contributed by atoms with van der Waals surface area (Å²) in [5, 5.41) is 43.3. The molecule has 0 heterocycles. The van der Waals surface area contributed by atoms with Crippen molar-refractivity contribution in [2.75, 3.05) is 26.4 Å². The molecule has 5 N–H and O–H groups in total. The third-order valence-corrected chi connectivity index (χ3v) is 1.28. The summed E-state index contributed by atoms with van der Waals surface area (Å²) in [5.41, 5.74) is 0. The number of aliphatic hydroxyl groups excluding tert-OH is 4. The van der Waals surface area contributed by atoms with Crippen LogP contribution in [0.25, 0.3) is 0 Å². The van der Waals surface area contributed by atoms with Crippen molar-refractivity contribution in [2.45, 2.75) is 12.2 Å². The van der Waals surface area contributed by atoms with Crippen molar-refractivity contribution >= 4 is 7.32 Å². The van der Waals surface area contributed by atoms with E-state index < -0.39 is 32.7 Å². The first kappa shape index (κ1) is 13.8. The summed E-state index contributed by atoms with van der Waals surface area (Å²) in [7, 11) is -1.60. The molecule has 0 aromatic heterocycles. The van der Waals surface area contributed by atoms with Gasteiger partial charge in [0.15, 0.2) is 0 Å². The van der Waals surface area contributed by atoms with Crippen LogP contribution in [0.3, 0.4) is 0 Å². The van der Waals surface area contributed by atoms with E-state index in [4.69, 9.17) is 25.5 Å². The number of hydrogen-bond acceptors (Lipinski definition) is 7. The summed E-state index contributed by atoms with van der Waals surface area (Å²) in [6.07, 6.45) is -2.17. The molecule has 0 fully saturated rings. The van der Waals surface area contributed by atoms with Gasteiger partial charge in [0.25, 0.3) is 0 Å². The Labute approximate surface area is 81.7 Å². The van der Waals surface area contributed by atoms with Crippen molar-refractivity contribution in [3.63, 3.8) is 0 Å². The predicted molar refractivity (Wildman–Crippen MR) is 46.1 cm³/mol. The fourth-order valence-corrected chi connectivity index (χ4v) is 0.540. The van der Waals surface area contributed by atoms with Crippen LogP contribution in [0.4, 0.5) is 0 Å². The minimum Gasteiger partial charge on any atom is -0.402 e. The third-order valence-electron chi connectivity index (χ3n) is 1.28. The van der Waals surface area contributed by atoms with Crippen molar-refractivity contribution in [2.24, 2.45) is 0 Å². The lowest BCUT2D eigenvalue weighted by Crippen LogP contribution is -2.32. The molecule has 0 bridgehead atoms. The Kier molecular flexibility index (Phi) is 8.00. The van der Waals surface area contributed by atoms with Crippen LogP contribution < -0.4 is 0 Å². The van der Waals surface area contributed by atoms with Crippen molar-refractivity contribution in [1.82, 2.24) is 0 Å². The fourth-order valence-electron chi connectivity index (χ4n) is 0.540. The van der Waals surface area contributed by atoms with Crippen LogP contribution in [0, 0.1) is 0 Å². The van der Waals surface area contributed by atoms with Crippen LogP contribution in [0.2, 0.25) is 0 Å². The monoisotopic (exact) mass is 210 g/mol. The van der Waals surface area contributed by atoms with E-state index in [2.05, 4.69) is 9.31 Å². The van der Waals surface area contributed by atoms with E-state index in [0.717, 1.165) is 0 Å². The first-order valence-corrected chi connectivity index (χ1v) is 4.09.